The Kier molecular flexibility index (Phi) is 5.37. The molecular formula is C21H29N3O2S. The Bertz CT molecular complexity index is 824. The van der Waals surface area contributed by atoms with Crippen LogP contribution in [0.25, 0.3) is 10.1 Å². The van der Waals surface area contributed by atoms with Gasteiger partial charge in [0.1, 0.15) is 6.10 Å². The summed E-state index contributed by atoms with van der Waals surface area (Å²) in [5, 5.41) is 1.18. The quantitative estimate of drug-likeness (QED) is 0.852. The SMILES string of the molecule is CN(C)C1CCC(Oc2nccc3sc4c(c23)C[C@@H](CC(N)=O)CC4)CC1. The molecule has 6 heteroatoms. The van der Waals surface area contributed by atoms with Crippen LogP contribution in [-0.4, -0.2) is 42.0 Å². The molecule has 1 saturated carbocycles. The summed E-state index contributed by atoms with van der Waals surface area (Å²) >= 11 is 1.86. The van der Waals surface area contributed by atoms with Gasteiger partial charge < -0.3 is 15.4 Å². The number of thiophene rings is 1. The van der Waals surface area contributed by atoms with E-state index in [0.29, 0.717) is 18.4 Å². The van der Waals surface area contributed by atoms with E-state index in [1.54, 1.807) is 0 Å². The fourth-order valence-corrected chi connectivity index (χ4v) is 5.89. The highest BCUT2D eigenvalue weighted by molar-refractivity contribution is 7.19. The Hall–Kier alpha value is -1.66. The molecule has 1 amide bonds. The maximum absolute atomic E-state index is 11.4. The first-order chi connectivity index (χ1) is 13.0. The highest BCUT2D eigenvalue weighted by Crippen LogP contribution is 2.42. The number of aromatic nitrogens is 1. The summed E-state index contributed by atoms with van der Waals surface area (Å²) in [5.74, 6) is 0.935. The standard InChI is InChI=1S/C21H29N3O2S/c1-24(2)14-4-6-15(7-5-14)26-21-20-16-11-13(12-19(22)25)3-8-17(16)27-18(20)9-10-23-21/h9-10,13-15H,3-8,11-12H2,1-2H3,(H2,22,25)/t13-,14?,15?/m0/s1. The van der Waals surface area contributed by atoms with E-state index in [4.69, 9.17) is 10.5 Å². The van der Waals surface area contributed by atoms with Crippen molar-refractivity contribution in [3.8, 4) is 5.88 Å². The molecule has 0 saturated heterocycles. The maximum atomic E-state index is 11.4. The molecule has 0 unspecified atom stereocenters. The molecule has 2 aliphatic rings. The lowest BCUT2D eigenvalue weighted by atomic mass is 9.85. The van der Waals surface area contributed by atoms with E-state index in [-0.39, 0.29) is 12.0 Å². The molecule has 5 nitrogen and oxygen atoms in total. The molecule has 0 radical (unpaired) electrons. The summed E-state index contributed by atoms with van der Waals surface area (Å²) in [4.78, 5) is 19.7. The maximum Gasteiger partial charge on any atom is 0.222 e. The number of pyridine rings is 1. The van der Waals surface area contributed by atoms with Gasteiger partial charge in [0.15, 0.2) is 0 Å². The van der Waals surface area contributed by atoms with Crippen LogP contribution < -0.4 is 10.5 Å². The minimum Gasteiger partial charge on any atom is -0.474 e. The van der Waals surface area contributed by atoms with Crippen LogP contribution in [0.2, 0.25) is 0 Å². The zero-order valence-corrected chi connectivity index (χ0v) is 17.1. The number of carbonyl (C=O) groups is 1. The summed E-state index contributed by atoms with van der Waals surface area (Å²) in [6, 6.07) is 2.76. The number of hydrogen-bond donors (Lipinski definition) is 1. The molecule has 0 aliphatic heterocycles. The lowest BCUT2D eigenvalue weighted by Gasteiger charge is -2.32. The van der Waals surface area contributed by atoms with E-state index in [2.05, 4.69) is 30.0 Å². The van der Waals surface area contributed by atoms with Crippen molar-refractivity contribution in [2.75, 3.05) is 14.1 Å². The molecule has 27 heavy (non-hydrogen) atoms. The first-order valence-electron chi connectivity index (χ1n) is 10.0. The van der Waals surface area contributed by atoms with Gasteiger partial charge in [-0.15, -0.1) is 11.3 Å². The zero-order chi connectivity index (χ0) is 19.0. The van der Waals surface area contributed by atoms with Crippen molar-refractivity contribution in [3.63, 3.8) is 0 Å². The number of primary amides is 1. The van der Waals surface area contributed by atoms with Crippen molar-refractivity contribution in [3.05, 3.63) is 22.7 Å². The van der Waals surface area contributed by atoms with Crippen molar-refractivity contribution < 1.29 is 9.53 Å². The predicted octanol–water partition coefficient (Wildman–Crippen LogP) is 3.53. The van der Waals surface area contributed by atoms with E-state index in [0.717, 1.165) is 38.0 Å². The van der Waals surface area contributed by atoms with Crippen LogP contribution in [0.5, 0.6) is 5.88 Å². The highest BCUT2D eigenvalue weighted by atomic mass is 32.1. The molecule has 146 valence electrons. The van der Waals surface area contributed by atoms with Gasteiger partial charge in [-0.2, -0.15) is 0 Å². The third kappa shape index (κ3) is 3.97. The Labute approximate surface area is 164 Å². The number of hydrogen-bond acceptors (Lipinski definition) is 5. The van der Waals surface area contributed by atoms with Crippen LogP contribution in [-0.2, 0) is 17.6 Å². The summed E-state index contributed by atoms with van der Waals surface area (Å²) in [6.07, 6.45) is 10.1. The smallest absolute Gasteiger partial charge is 0.222 e. The molecule has 2 heterocycles. The third-order valence-corrected chi connectivity index (χ3v) is 7.42. The molecule has 4 rings (SSSR count). The van der Waals surface area contributed by atoms with Gasteiger partial charge in [0.25, 0.3) is 0 Å². The Morgan fingerprint density at radius 1 is 1.30 bits per heavy atom. The van der Waals surface area contributed by atoms with Gasteiger partial charge in [-0.25, -0.2) is 4.98 Å². The molecule has 0 aromatic carbocycles. The second-order valence-corrected chi connectivity index (χ2v) is 9.42. The predicted molar refractivity (Wildman–Crippen MR) is 109 cm³/mol. The van der Waals surface area contributed by atoms with Crippen molar-refractivity contribution >= 4 is 27.3 Å². The van der Waals surface area contributed by atoms with Crippen LogP contribution in [0.15, 0.2) is 12.3 Å². The van der Waals surface area contributed by atoms with E-state index in [1.807, 2.05) is 17.5 Å². The van der Waals surface area contributed by atoms with Gasteiger partial charge in [-0.05, 0) is 76.6 Å². The van der Waals surface area contributed by atoms with Gasteiger partial charge >= 0.3 is 0 Å². The average Bonchev–Trinajstić information content (AvgIpc) is 3.00. The minimum absolute atomic E-state index is 0.199. The summed E-state index contributed by atoms with van der Waals surface area (Å²) in [5.41, 5.74) is 6.79. The second-order valence-electron chi connectivity index (χ2n) is 8.28. The van der Waals surface area contributed by atoms with Crippen molar-refractivity contribution in [1.82, 2.24) is 9.88 Å². The van der Waals surface area contributed by atoms with E-state index < -0.39 is 0 Å². The third-order valence-electron chi connectivity index (χ3n) is 6.16. The zero-order valence-electron chi connectivity index (χ0n) is 16.2. The number of aryl methyl sites for hydroxylation is 1. The number of amides is 1. The van der Waals surface area contributed by atoms with E-state index in [9.17, 15) is 4.79 Å². The first-order valence-corrected chi connectivity index (χ1v) is 10.8. The van der Waals surface area contributed by atoms with Crippen molar-refractivity contribution in [2.45, 2.75) is 63.5 Å². The largest absolute Gasteiger partial charge is 0.474 e. The monoisotopic (exact) mass is 387 g/mol. The Morgan fingerprint density at radius 3 is 2.78 bits per heavy atom. The first kappa shape index (κ1) is 18.7. The molecule has 2 aromatic rings. The number of carbonyl (C=O) groups excluding carboxylic acids is 1. The van der Waals surface area contributed by atoms with Gasteiger partial charge in [-0.1, -0.05) is 0 Å². The second kappa shape index (κ2) is 7.76. The van der Waals surface area contributed by atoms with Crippen molar-refractivity contribution in [1.29, 1.82) is 0 Å². The van der Waals surface area contributed by atoms with Gasteiger partial charge in [0.2, 0.25) is 11.8 Å². The number of fused-ring (bicyclic) bond motifs is 3. The van der Waals surface area contributed by atoms with Crippen molar-refractivity contribution in [2.24, 2.45) is 11.7 Å². The summed E-state index contributed by atoms with van der Waals surface area (Å²) in [6.45, 7) is 0. The van der Waals surface area contributed by atoms with Gasteiger partial charge in [0.05, 0.1) is 5.39 Å². The van der Waals surface area contributed by atoms with Crippen LogP contribution >= 0.6 is 11.3 Å². The van der Waals surface area contributed by atoms with Gasteiger partial charge in [-0.3, -0.25) is 4.79 Å². The van der Waals surface area contributed by atoms with Crippen LogP contribution in [0.1, 0.15) is 49.0 Å². The topological polar surface area (TPSA) is 68.4 Å². The Balaban J connectivity index is 1.56. The molecule has 2 N–H and O–H groups in total. The normalized spacial score (nSPS) is 25.5. The average molecular weight is 388 g/mol. The number of nitrogens with two attached hydrogens (primary N) is 1. The minimum atomic E-state index is -0.199. The highest BCUT2D eigenvalue weighted by Gasteiger charge is 2.28. The lowest BCUT2D eigenvalue weighted by Crippen LogP contribution is -2.35. The molecule has 1 fully saturated rings. The van der Waals surface area contributed by atoms with E-state index in [1.165, 1.54) is 33.4 Å². The fraction of sp³-hybridized carbons (Fsp3) is 0.619. The molecule has 0 spiro atoms. The lowest BCUT2D eigenvalue weighted by molar-refractivity contribution is -0.119. The van der Waals surface area contributed by atoms with Crippen LogP contribution in [0.4, 0.5) is 0 Å². The van der Waals surface area contributed by atoms with Crippen LogP contribution in [0.3, 0.4) is 0 Å². The molecule has 2 aromatic heterocycles. The summed E-state index contributed by atoms with van der Waals surface area (Å²) in [7, 11) is 4.32. The Morgan fingerprint density at radius 2 is 2.07 bits per heavy atom. The molecule has 2 aliphatic carbocycles. The molecule has 0 bridgehead atoms. The van der Waals surface area contributed by atoms with Gasteiger partial charge in [0, 0.05) is 28.2 Å². The molecular weight excluding hydrogens is 358 g/mol. The summed E-state index contributed by atoms with van der Waals surface area (Å²) < 4.78 is 7.68. The number of rotatable bonds is 5. The fourth-order valence-electron chi connectivity index (χ4n) is 4.65. The van der Waals surface area contributed by atoms with E-state index >= 15 is 0 Å². The molecule has 1 atom stereocenters. The van der Waals surface area contributed by atoms with Crippen LogP contribution in [0, 0.1) is 5.92 Å². The number of nitrogens with zero attached hydrogens (tertiary/aromatic N) is 2. The number of ether oxygens (including phenoxy) is 1.